The van der Waals surface area contributed by atoms with Gasteiger partial charge in [0.1, 0.15) is 0 Å². The van der Waals surface area contributed by atoms with Crippen LogP contribution < -0.4 is 15.0 Å². The minimum absolute atomic E-state index is 0.253. The second kappa shape index (κ2) is 5.24. The predicted molar refractivity (Wildman–Crippen MR) is 62.8 cm³/mol. The fourth-order valence-corrected chi connectivity index (χ4v) is 2.06. The van der Waals surface area contributed by atoms with E-state index in [1.165, 1.54) is 6.07 Å². The van der Waals surface area contributed by atoms with Crippen LogP contribution in [0, 0.1) is 5.82 Å². The normalized spacial score (nSPS) is 20.5. The van der Waals surface area contributed by atoms with Gasteiger partial charge in [0.05, 0.1) is 0 Å². The Kier molecular flexibility index (Phi) is 3.84. The van der Waals surface area contributed by atoms with E-state index >= 15 is 0 Å². The maximum Gasteiger partial charge on any atom is 0.573 e. The second-order valence-electron chi connectivity index (χ2n) is 4.46. The van der Waals surface area contributed by atoms with Crippen molar-refractivity contribution in [3.63, 3.8) is 0 Å². The number of halogens is 4. The van der Waals surface area contributed by atoms with Crippen LogP contribution in [-0.2, 0) is 0 Å². The average molecular weight is 278 g/mol. The van der Waals surface area contributed by atoms with E-state index in [1.54, 1.807) is 0 Å². The van der Waals surface area contributed by atoms with E-state index in [0.29, 0.717) is 18.8 Å². The number of nitrogens with one attached hydrogen (secondary N) is 1. The van der Waals surface area contributed by atoms with Crippen LogP contribution in [0.3, 0.4) is 0 Å². The number of alkyl halides is 3. The summed E-state index contributed by atoms with van der Waals surface area (Å²) >= 11 is 0. The Labute approximate surface area is 108 Å². The topological polar surface area (TPSA) is 24.5 Å². The van der Waals surface area contributed by atoms with E-state index in [2.05, 4.69) is 10.1 Å². The van der Waals surface area contributed by atoms with Gasteiger partial charge in [0, 0.05) is 37.4 Å². The Morgan fingerprint density at radius 2 is 2.11 bits per heavy atom. The number of benzene rings is 1. The van der Waals surface area contributed by atoms with E-state index in [4.69, 9.17) is 0 Å². The quantitative estimate of drug-likeness (QED) is 0.841. The molecule has 2 rings (SSSR count). The van der Waals surface area contributed by atoms with Gasteiger partial charge in [-0.2, -0.15) is 0 Å². The van der Waals surface area contributed by atoms with Gasteiger partial charge >= 0.3 is 6.36 Å². The molecular formula is C12H14F4N2O. The summed E-state index contributed by atoms with van der Waals surface area (Å²) in [5.74, 6) is -1.82. The third-order valence-electron chi connectivity index (χ3n) is 2.88. The highest BCUT2D eigenvalue weighted by atomic mass is 19.4. The van der Waals surface area contributed by atoms with Gasteiger partial charge in [-0.15, -0.1) is 13.2 Å². The van der Waals surface area contributed by atoms with Crippen LogP contribution in [0.5, 0.6) is 5.75 Å². The molecule has 1 aliphatic heterocycles. The number of hydrogen-bond donors (Lipinski definition) is 1. The molecule has 7 heteroatoms. The Morgan fingerprint density at radius 3 is 2.68 bits per heavy atom. The molecule has 0 aromatic heterocycles. The molecule has 1 atom stereocenters. The minimum atomic E-state index is -4.88. The van der Waals surface area contributed by atoms with E-state index in [0.717, 1.165) is 18.7 Å². The van der Waals surface area contributed by atoms with Crippen molar-refractivity contribution in [3.8, 4) is 5.75 Å². The van der Waals surface area contributed by atoms with Crippen molar-refractivity contribution in [1.82, 2.24) is 5.32 Å². The summed E-state index contributed by atoms with van der Waals surface area (Å²) in [5, 5.41) is 3.23. The SMILES string of the molecule is CC1CN(c2ccc(OC(F)(F)F)c(F)c2)CCN1. The number of rotatable bonds is 2. The van der Waals surface area contributed by atoms with E-state index in [-0.39, 0.29) is 6.04 Å². The predicted octanol–water partition coefficient (Wildman–Crippen LogP) is 2.52. The zero-order chi connectivity index (χ0) is 14.0. The first-order valence-corrected chi connectivity index (χ1v) is 5.89. The second-order valence-corrected chi connectivity index (χ2v) is 4.46. The molecule has 106 valence electrons. The summed E-state index contributed by atoms with van der Waals surface area (Å²) in [6.45, 7) is 4.11. The lowest BCUT2D eigenvalue weighted by atomic mass is 10.2. The van der Waals surface area contributed by atoms with Gasteiger partial charge in [-0.3, -0.25) is 0 Å². The van der Waals surface area contributed by atoms with Gasteiger partial charge in [-0.1, -0.05) is 0 Å². The van der Waals surface area contributed by atoms with Gasteiger partial charge in [0.15, 0.2) is 11.6 Å². The lowest BCUT2D eigenvalue weighted by Crippen LogP contribution is -2.49. The van der Waals surface area contributed by atoms with Crippen LogP contribution in [0.15, 0.2) is 18.2 Å². The molecule has 0 saturated carbocycles. The standard InChI is InChI=1S/C12H14F4N2O/c1-8-7-18(5-4-17-8)9-2-3-11(10(13)6-9)19-12(14,15)16/h2-3,6,8,17H,4-5,7H2,1H3. The zero-order valence-corrected chi connectivity index (χ0v) is 10.3. The molecule has 1 unspecified atom stereocenters. The van der Waals surface area contributed by atoms with E-state index in [1.807, 2.05) is 11.8 Å². The molecule has 0 spiro atoms. The average Bonchev–Trinajstić information content (AvgIpc) is 2.30. The van der Waals surface area contributed by atoms with E-state index < -0.39 is 17.9 Å². The van der Waals surface area contributed by atoms with Crippen LogP contribution in [0.1, 0.15) is 6.92 Å². The van der Waals surface area contributed by atoms with Gasteiger partial charge in [0.25, 0.3) is 0 Å². The van der Waals surface area contributed by atoms with Gasteiger partial charge in [-0.05, 0) is 19.1 Å². The minimum Gasteiger partial charge on any atom is -0.403 e. The molecule has 1 aromatic carbocycles. The van der Waals surface area contributed by atoms with Crippen molar-refractivity contribution in [2.45, 2.75) is 19.3 Å². The maximum absolute atomic E-state index is 13.6. The molecule has 0 radical (unpaired) electrons. The number of hydrogen-bond acceptors (Lipinski definition) is 3. The van der Waals surface area contributed by atoms with Gasteiger partial charge < -0.3 is 15.0 Å². The molecule has 1 aliphatic rings. The van der Waals surface area contributed by atoms with E-state index in [9.17, 15) is 17.6 Å². The fraction of sp³-hybridized carbons (Fsp3) is 0.500. The summed E-state index contributed by atoms with van der Waals surface area (Å²) in [6.07, 6.45) is -4.88. The first-order chi connectivity index (χ1) is 8.85. The van der Waals surface area contributed by atoms with Crippen molar-refractivity contribution in [2.24, 2.45) is 0 Å². The number of nitrogens with zero attached hydrogens (tertiary/aromatic N) is 1. The third-order valence-corrected chi connectivity index (χ3v) is 2.88. The number of ether oxygens (including phenoxy) is 1. The van der Waals surface area contributed by atoms with Gasteiger partial charge in [0.2, 0.25) is 0 Å². The third kappa shape index (κ3) is 3.73. The maximum atomic E-state index is 13.6. The highest BCUT2D eigenvalue weighted by Crippen LogP contribution is 2.29. The summed E-state index contributed by atoms with van der Waals surface area (Å²) in [7, 11) is 0. The van der Waals surface area contributed by atoms with Crippen LogP contribution in [-0.4, -0.2) is 32.0 Å². The smallest absolute Gasteiger partial charge is 0.403 e. The summed E-state index contributed by atoms with van der Waals surface area (Å²) in [4.78, 5) is 1.92. The molecule has 19 heavy (non-hydrogen) atoms. The monoisotopic (exact) mass is 278 g/mol. The summed E-state index contributed by atoms with van der Waals surface area (Å²) in [5.41, 5.74) is 0.556. The molecule has 3 nitrogen and oxygen atoms in total. The molecular weight excluding hydrogens is 264 g/mol. The molecule has 0 bridgehead atoms. The molecule has 0 amide bonds. The lowest BCUT2D eigenvalue weighted by molar-refractivity contribution is -0.275. The molecule has 0 aliphatic carbocycles. The van der Waals surface area contributed by atoms with Crippen molar-refractivity contribution < 1.29 is 22.3 Å². The largest absolute Gasteiger partial charge is 0.573 e. The first-order valence-electron chi connectivity index (χ1n) is 5.89. The Morgan fingerprint density at radius 1 is 1.37 bits per heavy atom. The first kappa shape index (κ1) is 13.9. The Bertz CT molecular complexity index is 450. The molecule has 1 aromatic rings. The molecule has 1 N–H and O–H groups in total. The fourth-order valence-electron chi connectivity index (χ4n) is 2.06. The molecule has 1 fully saturated rings. The van der Waals surface area contributed by atoms with Crippen molar-refractivity contribution in [3.05, 3.63) is 24.0 Å². The van der Waals surface area contributed by atoms with Crippen LogP contribution in [0.4, 0.5) is 23.2 Å². The lowest BCUT2D eigenvalue weighted by Gasteiger charge is -2.33. The summed E-state index contributed by atoms with van der Waals surface area (Å²) < 4.78 is 53.2. The van der Waals surface area contributed by atoms with Crippen LogP contribution in [0.25, 0.3) is 0 Å². The highest BCUT2D eigenvalue weighted by Gasteiger charge is 2.32. The molecule has 1 saturated heterocycles. The Hall–Kier alpha value is -1.50. The highest BCUT2D eigenvalue weighted by molar-refractivity contribution is 5.50. The van der Waals surface area contributed by atoms with Crippen molar-refractivity contribution in [1.29, 1.82) is 0 Å². The van der Waals surface area contributed by atoms with Gasteiger partial charge in [-0.25, -0.2) is 4.39 Å². The Balaban J connectivity index is 2.14. The van der Waals surface area contributed by atoms with Crippen LogP contribution >= 0.6 is 0 Å². The zero-order valence-electron chi connectivity index (χ0n) is 10.3. The molecule has 1 heterocycles. The summed E-state index contributed by atoms with van der Waals surface area (Å²) in [6, 6.07) is 3.76. The van der Waals surface area contributed by atoms with Crippen molar-refractivity contribution in [2.75, 3.05) is 24.5 Å². The van der Waals surface area contributed by atoms with Crippen LogP contribution in [0.2, 0.25) is 0 Å². The van der Waals surface area contributed by atoms with Crippen molar-refractivity contribution >= 4 is 5.69 Å². The number of anilines is 1. The number of piperazine rings is 1.